The molecular formula is C12H25NO. The minimum atomic E-state index is 0.520. The molecular weight excluding hydrogens is 174 g/mol. The van der Waals surface area contributed by atoms with E-state index < -0.39 is 0 Å². The van der Waals surface area contributed by atoms with Crippen molar-refractivity contribution in [2.75, 3.05) is 6.61 Å². The highest BCUT2D eigenvalue weighted by molar-refractivity contribution is 4.75. The zero-order valence-corrected chi connectivity index (χ0v) is 9.88. The van der Waals surface area contributed by atoms with E-state index in [1.54, 1.807) is 0 Å². The van der Waals surface area contributed by atoms with Crippen LogP contribution in [0.3, 0.4) is 0 Å². The van der Waals surface area contributed by atoms with E-state index in [2.05, 4.69) is 26.1 Å². The Morgan fingerprint density at radius 3 is 2.57 bits per heavy atom. The molecule has 0 aromatic rings. The van der Waals surface area contributed by atoms with Crippen molar-refractivity contribution in [1.29, 1.82) is 0 Å². The summed E-state index contributed by atoms with van der Waals surface area (Å²) in [5.41, 5.74) is 0. The van der Waals surface area contributed by atoms with Crippen molar-refractivity contribution >= 4 is 0 Å². The van der Waals surface area contributed by atoms with Crippen molar-refractivity contribution in [3.63, 3.8) is 0 Å². The molecule has 0 radical (unpaired) electrons. The number of rotatable bonds is 6. The smallest absolute Gasteiger partial charge is 0.0590 e. The summed E-state index contributed by atoms with van der Waals surface area (Å²) in [6, 6.07) is 1.29. The van der Waals surface area contributed by atoms with Gasteiger partial charge < -0.3 is 10.1 Å². The van der Waals surface area contributed by atoms with E-state index in [0.29, 0.717) is 18.2 Å². The Labute approximate surface area is 88.4 Å². The minimum Gasteiger partial charge on any atom is -0.378 e. The summed E-state index contributed by atoms with van der Waals surface area (Å²) in [5.74, 6) is 0. The van der Waals surface area contributed by atoms with Gasteiger partial charge in [0.1, 0.15) is 0 Å². The lowest BCUT2D eigenvalue weighted by Gasteiger charge is -2.23. The van der Waals surface area contributed by atoms with E-state index in [-0.39, 0.29) is 0 Å². The summed E-state index contributed by atoms with van der Waals surface area (Å²) in [4.78, 5) is 0. The number of nitrogens with one attached hydrogen (secondary N) is 1. The molecule has 2 nitrogen and oxygen atoms in total. The van der Waals surface area contributed by atoms with Gasteiger partial charge >= 0.3 is 0 Å². The summed E-state index contributed by atoms with van der Waals surface area (Å²) in [5, 5.41) is 3.66. The molecule has 1 fully saturated rings. The molecule has 0 amide bonds. The third-order valence-electron chi connectivity index (χ3n) is 3.15. The predicted octanol–water partition coefficient (Wildman–Crippen LogP) is 2.72. The Balaban J connectivity index is 2.16. The average Bonchev–Trinajstić information content (AvgIpc) is 2.66. The van der Waals surface area contributed by atoms with Gasteiger partial charge in [-0.1, -0.05) is 13.8 Å². The maximum Gasteiger partial charge on any atom is 0.0590 e. The zero-order chi connectivity index (χ0) is 10.4. The second-order valence-electron chi connectivity index (χ2n) is 4.45. The summed E-state index contributed by atoms with van der Waals surface area (Å²) in [6.07, 6.45) is 6.67. The summed E-state index contributed by atoms with van der Waals surface area (Å²) >= 11 is 0. The third-order valence-corrected chi connectivity index (χ3v) is 3.15. The van der Waals surface area contributed by atoms with Crippen LogP contribution in [-0.2, 0) is 4.74 Å². The first-order valence-corrected chi connectivity index (χ1v) is 6.13. The fourth-order valence-corrected chi connectivity index (χ4v) is 2.22. The van der Waals surface area contributed by atoms with Gasteiger partial charge in [-0.05, 0) is 39.0 Å². The molecule has 2 heteroatoms. The Hall–Kier alpha value is -0.0800. The SMILES string of the molecule is CCC(CC)NC(C)CC1CCCO1. The lowest BCUT2D eigenvalue weighted by molar-refractivity contribution is 0.0948. The quantitative estimate of drug-likeness (QED) is 0.710. The summed E-state index contributed by atoms with van der Waals surface area (Å²) in [6.45, 7) is 7.75. The van der Waals surface area contributed by atoms with Gasteiger partial charge in [0.15, 0.2) is 0 Å². The maximum atomic E-state index is 5.63. The molecule has 0 spiro atoms. The fraction of sp³-hybridized carbons (Fsp3) is 1.00. The largest absolute Gasteiger partial charge is 0.378 e. The topological polar surface area (TPSA) is 21.3 Å². The van der Waals surface area contributed by atoms with Crippen molar-refractivity contribution in [3.8, 4) is 0 Å². The molecule has 1 aliphatic heterocycles. The molecule has 1 aliphatic rings. The standard InChI is InChI=1S/C12H25NO/c1-4-11(5-2)13-10(3)9-12-7-6-8-14-12/h10-13H,4-9H2,1-3H3. The lowest BCUT2D eigenvalue weighted by atomic mass is 10.1. The van der Waals surface area contributed by atoms with Crippen molar-refractivity contribution in [2.45, 2.75) is 71.1 Å². The number of hydrogen-bond donors (Lipinski definition) is 1. The molecule has 84 valence electrons. The Bertz CT molecular complexity index is 135. The molecule has 14 heavy (non-hydrogen) atoms. The monoisotopic (exact) mass is 199 g/mol. The summed E-state index contributed by atoms with van der Waals surface area (Å²) < 4.78 is 5.63. The number of hydrogen-bond acceptors (Lipinski definition) is 2. The van der Waals surface area contributed by atoms with E-state index in [4.69, 9.17) is 4.74 Å². The Morgan fingerprint density at radius 2 is 2.07 bits per heavy atom. The van der Waals surface area contributed by atoms with Gasteiger partial charge in [-0.3, -0.25) is 0 Å². The molecule has 0 aromatic carbocycles. The highest BCUT2D eigenvalue weighted by atomic mass is 16.5. The molecule has 1 heterocycles. The summed E-state index contributed by atoms with van der Waals surface area (Å²) in [7, 11) is 0. The molecule has 0 aliphatic carbocycles. The third kappa shape index (κ3) is 3.97. The van der Waals surface area contributed by atoms with Crippen LogP contribution >= 0.6 is 0 Å². The number of ether oxygens (including phenoxy) is 1. The van der Waals surface area contributed by atoms with E-state index >= 15 is 0 Å². The first-order valence-electron chi connectivity index (χ1n) is 6.13. The Kier molecular flexibility index (Phi) is 5.49. The van der Waals surface area contributed by atoms with Crippen LogP contribution in [-0.4, -0.2) is 24.8 Å². The van der Waals surface area contributed by atoms with Crippen molar-refractivity contribution in [1.82, 2.24) is 5.32 Å². The van der Waals surface area contributed by atoms with E-state index in [1.165, 1.54) is 32.1 Å². The Morgan fingerprint density at radius 1 is 1.36 bits per heavy atom. The van der Waals surface area contributed by atoms with Crippen LogP contribution in [0.4, 0.5) is 0 Å². The van der Waals surface area contributed by atoms with Crippen LogP contribution < -0.4 is 5.32 Å². The highest BCUT2D eigenvalue weighted by Gasteiger charge is 2.19. The molecule has 1 saturated heterocycles. The fourth-order valence-electron chi connectivity index (χ4n) is 2.22. The molecule has 2 unspecified atom stereocenters. The van der Waals surface area contributed by atoms with E-state index in [1.807, 2.05) is 0 Å². The first-order chi connectivity index (χ1) is 6.76. The van der Waals surface area contributed by atoms with Crippen molar-refractivity contribution < 1.29 is 4.74 Å². The first kappa shape index (κ1) is 12.0. The maximum absolute atomic E-state index is 5.63. The van der Waals surface area contributed by atoms with Crippen LogP contribution in [0.5, 0.6) is 0 Å². The van der Waals surface area contributed by atoms with Gasteiger partial charge in [0.25, 0.3) is 0 Å². The zero-order valence-electron chi connectivity index (χ0n) is 9.88. The normalized spacial score (nSPS) is 24.4. The molecule has 2 atom stereocenters. The van der Waals surface area contributed by atoms with Crippen LogP contribution in [0.2, 0.25) is 0 Å². The second kappa shape index (κ2) is 6.41. The van der Waals surface area contributed by atoms with Gasteiger partial charge in [-0.2, -0.15) is 0 Å². The average molecular weight is 199 g/mol. The predicted molar refractivity (Wildman–Crippen MR) is 60.6 cm³/mol. The van der Waals surface area contributed by atoms with E-state index in [9.17, 15) is 0 Å². The molecule has 0 aromatic heterocycles. The second-order valence-corrected chi connectivity index (χ2v) is 4.45. The van der Waals surface area contributed by atoms with Gasteiger partial charge in [0.05, 0.1) is 6.10 Å². The van der Waals surface area contributed by atoms with Gasteiger partial charge in [-0.15, -0.1) is 0 Å². The molecule has 1 N–H and O–H groups in total. The molecule has 0 bridgehead atoms. The minimum absolute atomic E-state index is 0.520. The molecule has 0 saturated carbocycles. The van der Waals surface area contributed by atoms with Gasteiger partial charge in [0, 0.05) is 18.7 Å². The molecule has 1 rings (SSSR count). The highest BCUT2D eigenvalue weighted by Crippen LogP contribution is 2.17. The van der Waals surface area contributed by atoms with Gasteiger partial charge in [-0.25, -0.2) is 0 Å². The van der Waals surface area contributed by atoms with Crippen molar-refractivity contribution in [2.24, 2.45) is 0 Å². The van der Waals surface area contributed by atoms with E-state index in [0.717, 1.165) is 6.61 Å². The van der Waals surface area contributed by atoms with Crippen LogP contribution in [0.25, 0.3) is 0 Å². The van der Waals surface area contributed by atoms with Crippen LogP contribution in [0.1, 0.15) is 52.9 Å². The lowest BCUT2D eigenvalue weighted by Crippen LogP contribution is -2.37. The van der Waals surface area contributed by atoms with Crippen LogP contribution in [0.15, 0.2) is 0 Å². The van der Waals surface area contributed by atoms with Gasteiger partial charge in [0.2, 0.25) is 0 Å². The van der Waals surface area contributed by atoms with Crippen LogP contribution in [0, 0.1) is 0 Å². The van der Waals surface area contributed by atoms with Crippen molar-refractivity contribution in [3.05, 3.63) is 0 Å².